The van der Waals surface area contributed by atoms with Crippen LogP contribution in [0.1, 0.15) is 44.9 Å². The maximum Gasteiger partial charge on any atom is 0.0365 e. The molecule has 2 heteroatoms. The molecule has 0 N–H and O–H groups in total. The van der Waals surface area contributed by atoms with Gasteiger partial charge < -0.3 is 0 Å². The van der Waals surface area contributed by atoms with Crippen molar-refractivity contribution in [1.29, 1.82) is 0 Å². The molecule has 3 aliphatic rings. The largest absolute Gasteiger partial charge is 0.297 e. The first-order valence-corrected chi connectivity index (χ1v) is 6.66. The predicted molar refractivity (Wildman–Crippen MR) is 59.7 cm³/mol. The monoisotopic (exact) mass is 213 g/mol. The van der Waals surface area contributed by atoms with E-state index in [9.17, 15) is 0 Å². The Hall–Kier alpha value is 0.250. The van der Waals surface area contributed by atoms with Crippen molar-refractivity contribution in [3.63, 3.8) is 0 Å². The van der Waals surface area contributed by atoms with E-state index in [1.165, 1.54) is 51.5 Å². The second-order valence-electron chi connectivity index (χ2n) is 5.45. The summed E-state index contributed by atoms with van der Waals surface area (Å²) in [5.74, 6) is 1.03. The van der Waals surface area contributed by atoms with Gasteiger partial charge in [-0.1, -0.05) is 6.42 Å². The van der Waals surface area contributed by atoms with Crippen LogP contribution in [0.25, 0.3) is 0 Å². The summed E-state index contributed by atoms with van der Waals surface area (Å²) in [6, 6.07) is 1.69. The predicted octanol–water partition coefficient (Wildman–Crippen LogP) is 3.02. The standard InChI is InChI=1S/C12H20ClN/c13-10-6-11-4-5-12(7-10)14(11)8-9-2-1-3-9/h9-12H,1-8H2. The molecule has 2 saturated heterocycles. The van der Waals surface area contributed by atoms with Crippen molar-refractivity contribution in [2.45, 2.75) is 62.4 Å². The van der Waals surface area contributed by atoms with E-state index in [1.54, 1.807) is 0 Å². The lowest BCUT2D eigenvalue weighted by atomic mass is 9.84. The highest BCUT2D eigenvalue weighted by molar-refractivity contribution is 6.20. The van der Waals surface area contributed by atoms with Gasteiger partial charge in [0.2, 0.25) is 0 Å². The average Bonchev–Trinajstić information content (AvgIpc) is 2.29. The highest BCUT2D eigenvalue weighted by Crippen LogP contribution is 2.40. The second kappa shape index (κ2) is 3.68. The van der Waals surface area contributed by atoms with Gasteiger partial charge in [-0.2, -0.15) is 0 Å². The van der Waals surface area contributed by atoms with Gasteiger partial charge in [0.05, 0.1) is 0 Å². The fourth-order valence-corrected chi connectivity index (χ4v) is 3.89. The molecule has 2 atom stereocenters. The van der Waals surface area contributed by atoms with Gasteiger partial charge in [0.1, 0.15) is 0 Å². The summed E-state index contributed by atoms with van der Waals surface area (Å²) in [5.41, 5.74) is 0. The number of hydrogen-bond donors (Lipinski definition) is 0. The van der Waals surface area contributed by atoms with Crippen molar-refractivity contribution in [2.24, 2.45) is 5.92 Å². The van der Waals surface area contributed by atoms with Crippen LogP contribution in [-0.2, 0) is 0 Å². The number of fused-ring (bicyclic) bond motifs is 2. The number of alkyl halides is 1. The van der Waals surface area contributed by atoms with E-state index in [1.807, 2.05) is 0 Å². The highest BCUT2D eigenvalue weighted by atomic mass is 35.5. The fourth-order valence-electron chi connectivity index (χ4n) is 3.48. The molecule has 2 heterocycles. The molecule has 0 amide bonds. The van der Waals surface area contributed by atoms with Gasteiger partial charge >= 0.3 is 0 Å². The first-order chi connectivity index (χ1) is 6.83. The van der Waals surface area contributed by atoms with Crippen molar-refractivity contribution >= 4 is 11.6 Å². The summed E-state index contributed by atoms with van der Waals surface area (Å²) in [6.07, 6.45) is 9.79. The summed E-state index contributed by atoms with van der Waals surface area (Å²) in [5, 5.41) is 0.477. The van der Waals surface area contributed by atoms with E-state index in [2.05, 4.69) is 4.90 Å². The highest BCUT2D eigenvalue weighted by Gasteiger charge is 2.41. The molecule has 0 radical (unpaired) electrons. The zero-order chi connectivity index (χ0) is 9.54. The number of halogens is 1. The molecule has 0 spiro atoms. The van der Waals surface area contributed by atoms with Crippen LogP contribution in [0.15, 0.2) is 0 Å². The van der Waals surface area contributed by atoms with Gasteiger partial charge in [0.25, 0.3) is 0 Å². The molecule has 3 rings (SSSR count). The molecule has 0 aromatic heterocycles. The minimum atomic E-state index is 0.477. The Morgan fingerprint density at radius 1 is 1.00 bits per heavy atom. The summed E-state index contributed by atoms with van der Waals surface area (Å²) >= 11 is 6.27. The van der Waals surface area contributed by atoms with E-state index in [-0.39, 0.29) is 0 Å². The summed E-state index contributed by atoms with van der Waals surface area (Å²) in [7, 11) is 0. The van der Waals surface area contributed by atoms with Gasteiger partial charge in [-0.25, -0.2) is 0 Å². The third-order valence-electron chi connectivity index (χ3n) is 4.52. The lowest BCUT2D eigenvalue weighted by molar-refractivity contribution is 0.0957. The number of hydrogen-bond acceptors (Lipinski definition) is 1. The Kier molecular flexibility index (Phi) is 2.49. The third kappa shape index (κ3) is 1.59. The first kappa shape index (κ1) is 9.47. The minimum absolute atomic E-state index is 0.477. The number of piperidine rings is 1. The maximum atomic E-state index is 6.27. The van der Waals surface area contributed by atoms with Crippen LogP contribution in [0.4, 0.5) is 0 Å². The second-order valence-corrected chi connectivity index (χ2v) is 6.06. The van der Waals surface area contributed by atoms with Crippen LogP contribution < -0.4 is 0 Å². The molecule has 1 nitrogen and oxygen atoms in total. The van der Waals surface area contributed by atoms with Crippen LogP contribution >= 0.6 is 11.6 Å². The lowest BCUT2D eigenvalue weighted by Gasteiger charge is -2.41. The van der Waals surface area contributed by atoms with Crippen LogP contribution in [-0.4, -0.2) is 28.9 Å². The molecule has 1 aliphatic carbocycles. The van der Waals surface area contributed by atoms with Gasteiger partial charge in [-0.3, -0.25) is 4.90 Å². The molecule has 80 valence electrons. The Morgan fingerprint density at radius 3 is 2.14 bits per heavy atom. The van der Waals surface area contributed by atoms with Crippen molar-refractivity contribution in [3.8, 4) is 0 Å². The van der Waals surface area contributed by atoms with Crippen molar-refractivity contribution in [2.75, 3.05) is 6.54 Å². The first-order valence-electron chi connectivity index (χ1n) is 6.23. The normalized spacial score (nSPS) is 43.9. The van der Waals surface area contributed by atoms with Gasteiger partial charge in [0, 0.05) is 24.0 Å². The molecule has 0 aromatic carbocycles. The van der Waals surface area contributed by atoms with Crippen LogP contribution in [0.3, 0.4) is 0 Å². The van der Waals surface area contributed by atoms with E-state index >= 15 is 0 Å². The Balaban J connectivity index is 1.62. The van der Waals surface area contributed by atoms with Gasteiger partial charge in [-0.15, -0.1) is 11.6 Å². The summed E-state index contributed by atoms with van der Waals surface area (Å²) < 4.78 is 0. The Bertz CT molecular complexity index is 200. The zero-order valence-electron chi connectivity index (χ0n) is 8.79. The van der Waals surface area contributed by atoms with E-state index in [0.717, 1.165) is 18.0 Å². The Labute approximate surface area is 91.8 Å². The maximum absolute atomic E-state index is 6.27. The molecule has 1 saturated carbocycles. The van der Waals surface area contributed by atoms with Gasteiger partial charge in [-0.05, 0) is 44.4 Å². The lowest BCUT2D eigenvalue weighted by Crippen LogP contribution is -2.46. The minimum Gasteiger partial charge on any atom is -0.297 e. The van der Waals surface area contributed by atoms with Crippen molar-refractivity contribution < 1.29 is 0 Å². The van der Waals surface area contributed by atoms with E-state index < -0.39 is 0 Å². The Morgan fingerprint density at radius 2 is 1.64 bits per heavy atom. The smallest absolute Gasteiger partial charge is 0.0365 e. The van der Waals surface area contributed by atoms with Gasteiger partial charge in [0.15, 0.2) is 0 Å². The molecule has 2 aliphatic heterocycles. The van der Waals surface area contributed by atoms with Crippen LogP contribution in [0, 0.1) is 5.92 Å². The fraction of sp³-hybridized carbons (Fsp3) is 1.00. The topological polar surface area (TPSA) is 3.24 Å². The molecule has 14 heavy (non-hydrogen) atoms. The molecule has 3 fully saturated rings. The molecule has 0 aromatic rings. The summed E-state index contributed by atoms with van der Waals surface area (Å²) in [4.78, 5) is 2.79. The zero-order valence-corrected chi connectivity index (χ0v) is 9.55. The van der Waals surface area contributed by atoms with E-state index in [0.29, 0.717) is 5.38 Å². The number of rotatable bonds is 2. The van der Waals surface area contributed by atoms with Crippen LogP contribution in [0.5, 0.6) is 0 Å². The van der Waals surface area contributed by atoms with E-state index in [4.69, 9.17) is 11.6 Å². The quantitative estimate of drug-likeness (QED) is 0.638. The molecular formula is C12H20ClN. The molecule has 2 unspecified atom stereocenters. The average molecular weight is 214 g/mol. The third-order valence-corrected chi connectivity index (χ3v) is 4.88. The molecular weight excluding hydrogens is 194 g/mol. The SMILES string of the molecule is ClC1CC2CCC(C1)N2CC1CCC1. The number of nitrogens with zero attached hydrogens (tertiary/aromatic N) is 1. The van der Waals surface area contributed by atoms with Crippen molar-refractivity contribution in [1.82, 2.24) is 4.90 Å². The summed E-state index contributed by atoms with van der Waals surface area (Å²) in [6.45, 7) is 1.39. The van der Waals surface area contributed by atoms with Crippen molar-refractivity contribution in [3.05, 3.63) is 0 Å². The molecule has 2 bridgehead atoms. The van der Waals surface area contributed by atoms with Crippen LogP contribution in [0.2, 0.25) is 0 Å².